The molecule has 4 N–H and O–H groups in total. The number of benzene rings is 1. The quantitative estimate of drug-likeness (QED) is 0.245. The van der Waals surface area contributed by atoms with Crippen molar-refractivity contribution in [1.82, 2.24) is 26.0 Å². The van der Waals surface area contributed by atoms with Gasteiger partial charge in [0.2, 0.25) is 0 Å². The molecule has 1 aromatic heterocycles. The summed E-state index contributed by atoms with van der Waals surface area (Å²) in [4.78, 5) is 43.0. The van der Waals surface area contributed by atoms with Crippen LogP contribution < -0.4 is 20.9 Å². The third-order valence-corrected chi connectivity index (χ3v) is 5.94. The maximum absolute atomic E-state index is 13.4. The van der Waals surface area contributed by atoms with Crippen LogP contribution in [0.15, 0.2) is 36.4 Å². The molecule has 0 radical (unpaired) electrons. The molecule has 0 spiro atoms. The number of amides is 4. The molecule has 2 unspecified atom stereocenters. The Balaban J connectivity index is 1.83. The van der Waals surface area contributed by atoms with Gasteiger partial charge in [-0.25, -0.2) is 15.3 Å². The lowest BCUT2D eigenvalue weighted by Crippen LogP contribution is -2.56. The monoisotopic (exact) mass is 509 g/mol. The smallest absolute Gasteiger partial charge is 0.315 e. The summed E-state index contributed by atoms with van der Waals surface area (Å²) in [6, 6.07) is 8.59. The maximum Gasteiger partial charge on any atom is 0.315 e. The van der Waals surface area contributed by atoms with Gasteiger partial charge in [0.05, 0.1) is 0 Å². The molecule has 0 bridgehead atoms. The summed E-state index contributed by atoms with van der Waals surface area (Å²) < 4.78 is 5.78. The van der Waals surface area contributed by atoms with Crippen molar-refractivity contribution in [1.29, 1.82) is 0 Å². The number of hydrogen-bond donors (Lipinski definition) is 4. The first kappa shape index (κ1) is 25.5. The molecule has 1 saturated heterocycles. The van der Waals surface area contributed by atoms with Crippen molar-refractivity contribution in [3.05, 3.63) is 57.8 Å². The molecular weight excluding hydrogens is 485 g/mol. The molecule has 1 aliphatic rings. The van der Waals surface area contributed by atoms with Crippen molar-refractivity contribution in [2.45, 2.75) is 38.5 Å². The largest absolute Gasteiger partial charge is 0.489 e. The minimum absolute atomic E-state index is 0.199. The molecule has 1 aliphatic heterocycles. The van der Waals surface area contributed by atoms with E-state index in [1.165, 1.54) is 11.8 Å². The van der Waals surface area contributed by atoms with Gasteiger partial charge in [-0.05, 0) is 49.2 Å². The van der Waals surface area contributed by atoms with E-state index in [1.807, 2.05) is 0 Å². The predicted octanol–water partition coefficient (Wildman–Crippen LogP) is 2.61. The summed E-state index contributed by atoms with van der Waals surface area (Å²) in [7, 11) is 0. The number of carbonyl (C=O) groups excluding carboxylic acids is 3. The van der Waals surface area contributed by atoms with E-state index in [1.54, 1.807) is 48.8 Å². The highest BCUT2D eigenvalue weighted by Gasteiger charge is 2.51. The van der Waals surface area contributed by atoms with Crippen molar-refractivity contribution in [2.24, 2.45) is 0 Å². The first-order chi connectivity index (χ1) is 16.2. The zero-order valence-electron chi connectivity index (χ0n) is 18.6. The molecule has 12 heteroatoms. The Morgan fingerprint density at radius 1 is 1.24 bits per heavy atom. The number of hydrogen-bond acceptors (Lipinski definition) is 6. The van der Waals surface area contributed by atoms with Crippen LogP contribution in [-0.2, 0) is 21.7 Å². The molecule has 2 heterocycles. The summed E-state index contributed by atoms with van der Waals surface area (Å²) in [5.41, 5.74) is 1.45. The summed E-state index contributed by atoms with van der Waals surface area (Å²) in [5.74, 6) is -0.650. The third-order valence-electron chi connectivity index (χ3n) is 5.55. The molecule has 1 aromatic carbocycles. The highest BCUT2D eigenvalue weighted by Crippen LogP contribution is 2.35. The number of ether oxygens (including phenoxy) is 1. The van der Waals surface area contributed by atoms with Crippen molar-refractivity contribution in [2.75, 3.05) is 13.1 Å². The second-order valence-corrected chi connectivity index (χ2v) is 8.50. The Kier molecular flexibility index (Phi) is 8.19. The van der Waals surface area contributed by atoms with E-state index >= 15 is 0 Å². The van der Waals surface area contributed by atoms with Crippen LogP contribution in [0, 0.1) is 0 Å². The van der Waals surface area contributed by atoms with Crippen LogP contribution in [0.3, 0.4) is 0 Å². The van der Waals surface area contributed by atoms with Gasteiger partial charge in [-0.2, -0.15) is 0 Å². The van der Waals surface area contributed by atoms with Gasteiger partial charge in [-0.1, -0.05) is 35.3 Å². The fourth-order valence-corrected chi connectivity index (χ4v) is 4.31. The van der Waals surface area contributed by atoms with Crippen LogP contribution in [0.4, 0.5) is 4.79 Å². The lowest BCUT2D eigenvalue weighted by atomic mass is 9.88. The average Bonchev–Trinajstić information content (AvgIpc) is 3.13. The molecule has 10 nitrogen and oxygen atoms in total. The maximum atomic E-state index is 13.4. The second-order valence-electron chi connectivity index (χ2n) is 7.72. The number of aromatic nitrogens is 1. The minimum atomic E-state index is -1.38. The molecule has 0 aliphatic carbocycles. The SMILES string of the molecule is CCNC(=O)NC1(c2ccc(OCc3cc(Cl)nc(Cl)c3)cc2)CCN(C(C)C(=O)NO)C1=O. The molecule has 34 heavy (non-hydrogen) atoms. The number of carbonyl (C=O) groups is 3. The van der Waals surface area contributed by atoms with Gasteiger partial charge in [-0.3, -0.25) is 14.8 Å². The number of nitrogens with one attached hydrogen (secondary N) is 3. The number of nitrogens with zero attached hydrogens (tertiary/aromatic N) is 2. The van der Waals surface area contributed by atoms with Gasteiger partial charge in [-0.15, -0.1) is 0 Å². The summed E-state index contributed by atoms with van der Waals surface area (Å²) in [6.45, 7) is 4.04. The van der Waals surface area contributed by atoms with E-state index in [4.69, 9.17) is 33.1 Å². The average molecular weight is 510 g/mol. The second kappa shape index (κ2) is 10.9. The predicted molar refractivity (Wildman–Crippen MR) is 125 cm³/mol. The van der Waals surface area contributed by atoms with Crippen molar-refractivity contribution in [3.8, 4) is 5.75 Å². The van der Waals surface area contributed by atoms with E-state index in [2.05, 4.69) is 15.6 Å². The first-order valence-corrected chi connectivity index (χ1v) is 11.3. The van der Waals surface area contributed by atoms with E-state index in [9.17, 15) is 14.4 Å². The van der Waals surface area contributed by atoms with Crippen LogP contribution in [0.5, 0.6) is 5.75 Å². The lowest BCUT2D eigenvalue weighted by molar-refractivity contribution is -0.143. The molecule has 1 fully saturated rings. The third kappa shape index (κ3) is 5.52. The van der Waals surface area contributed by atoms with E-state index < -0.39 is 29.4 Å². The van der Waals surface area contributed by atoms with Gasteiger partial charge >= 0.3 is 6.03 Å². The van der Waals surface area contributed by atoms with Crippen LogP contribution in [0.25, 0.3) is 0 Å². The number of hydroxylamine groups is 1. The number of pyridine rings is 1. The Bertz CT molecular complexity index is 1050. The van der Waals surface area contributed by atoms with E-state index in [-0.39, 0.29) is 29.9 Å². The van der Waals surface area contributed by atoms with Gasteiger partial charge < -0.3 is 20.3 Å². The molecule has 4 amide bonds. The van der Waals surface area contributed by atoms with Gasteiger partial charge in [0, 0.05) is 19.5 Å². The first-order valence-electron chi connectivity index (χ1n) is 10.6. The van der Waals surface area contributed by atoms with Gasteiger partial charge in [0.15, 0.2) is 0 Å². The molecule has 182 valence electrons. The Hall–Kier alpha value is -3.08. The minimum Gasteiger partial charge on any atom is -0.489 e. The van der Waals surface area contributed by atoms with Crippen molar-refractivity contribution in [3.63, 3.8) is 0 Å². The zero-order valence-corrected chi connectivity index (χ0v) is 20.1. The number of rotatable bonds is 8. The number of halogens is 2. The Labute approximate surface area is 206 Å². The van der Waals surface area contributed by atoms with Crippen molar-refractivity contribution < 1.29 is 24.3 Å². The van der Waals surface area contributed by atoms with Crippen molar-refractivity contribution >= 4 is 41.0 Å². The topological polar surface area (TPSA) is 133 Å². The summed E-state index contributed by atoms with van der Waals surface area (Å²) in [6.07, 6.45) is 0.236. The summed E-state index contributed by atoms with van der Waals surface area (Å²) in [5, 5.41) is 14.9. The lowest BCUT2D eigenvalue weighted by Gasteiger charge is -2.31. The highest BCUT2D eigenvalue weighted by molar-refractivity contribution is 6.32. The van der Waals surface area contributed by atoms with Crippen LogP contribution in [-0.4, -0.2) is 52.1 Å². The molecule has 2 atom stereocenters. The van der Waals surface area contributed by atoms with Gasteiger partial charge in [0.25, 0.3) is 11.8 Å². The van der Waals surface area contributed by atoms with Crippen LogP contribution >= 0.6 is 23.2 Å². The standard InChI is InChI=1S/C22H25Cl2N5O5/c1-3-25-21(32)27-22(8-9-29(20(22)31)13(2)19(30)28-33)15-4-6-16(7-5-15)34-12-14-10-17(23)26-18(24)11-14/h4-7,10-11,13,33H,3,8-9,12H2,1-2H3,(H,28,30)(H2,25,27,32). The van der Waals surface area contributed by atoms with Crippen LogP contribution in [0.2, 0.25) is 10.3 Å². The molecule has 0 saturated carbocycles. The van der Waals surface area contributed by atoms with E-state index in [0.29, 0.717) is 17.9 Å². The summed E-state index contributed by atoms with van der Waals surface area (Å²) >= 11 is 11.8. The fourth-order valence-electron chi connectivity index (χ4n) is 3.80. The fraction of sp³-hybridized carbons (Fsp3) is 0.364. The molecular formula is C22H25Cl2N5O5. The highest BCUT2D eigenvalue weighted by atomic mass is 35.5. The normalized spacial score (nSPS) is 18.4. The zero-order chi connectivity index (χ0) is 24.9. The van der Waals surface area contributed by atoms with Gasteiger partial charge in [0.1, 0.15) is 34.2 Å². The Morgan fingerprint density at radius 2 is 1.88 bits per heavy atom. The molecule has 3 rings (SSSR count). The Morgan fingerprint density at radius 3 is 2.47 bits per heavy atom. The molecule has 2 aromatic rings. The van der Waals surface area contributed by atoms with E-state index in [0.717, 1.165) is 5.56 Å². The van der Waals surface area contributed by atoms with Crippen LogP contribution in [0.1, 0.15) is 31.4 Å². The number of likely N-dealkylation sites (tertiary alicyclic amines) is 1. The number of urea groups is 1.